The number of hydrogen-bond donors (Lipinski definition) is 2. The molecule has 0 unspecified atom stereocenters. The molecule has 0 saturated carbocycles. The second-order valence-corrected chi connectivity index (χ2v) is 5.93. The van der Waals surface area contributed by atoms with E-state index >= 15 is 0 Å². The molecule has 0 bridgehead atoms. The van der Waals surface area contributed by atoms with Crippen molar-refractivity contribution in [3.8, 4) is 11.8 Å². The van der Waals surface area contributed by atoms with E-state index in [1.165, 1.54) is 6.33 Å². The van der Waals surface area contributed by atoms with Gasteiger partial charge < -0.3 is 11.1 Å². The number of aromatic nitrogens is 4. The van der Waals surface area contributed by atoms with E-state index in [0.717, 1.165) is 5.69 Å². The van der Waals surface area contributed by atoms with Crippen molar-refractivity contribution in [2.24, 2.45) is 0 Å². The van der Waals surface area contributed by atoms with Gasteiger partial charge in [-0.3, -0.25) is 0 Å². The van der Waals surface area contributed by atoms with Crippen LogP contribution in [0.1, 0.15) is 30.3 Å². The Balaban J connectivity index is 1.68. The minimum Gasteiger partial charge on any atom is -0.382 e. The first-order valence-electron chi connectivity index (χ1n) is 8.71. The molecule has 0 aliphatic rings. The third-order valence-electron chi connectivity index (χ3n) is 4.19. The van der Waals surface area contributed by atoms with Crippen LogP contribution < -0.4 is 11.1 Å². The van der Waals surface area contributed by atoms with Gasteiger partial charge in [-0.25, -0.2) is 19.0 Å². The highest BCUT2D eigenvalue weighted by Gasteiger charge is 2.16. The lowest BCUT2D eigenvalue weighted by molar-refractivity contribution is 0.596. The van der Waals surface area contributed by atoms with Gasteiger partial charge >= 0.3 is 0 Å². The average Bonchev–Trinajstić information content (AvgIpc) is 3.02. The summed E-state index contributed by atoms with van der Waals surface area (Å²) in [5.74, 6) is 0.0908. The smallest absolute Gasteiger partial charge is 0.186 e. The standard InChI is InChI=1S/C19H20FN7/c1-2-15-17(20)19(25-12-24-15)23-10-6-9-16-14(11-21)18(22)27(26-16)13-7-4-3-5-8-13/h3-5,7-8,12H,2,6,9-10,22H2,1H3,(H,23,24,25). The van der Waals surface area contributed by atoms with E-state index in [2.05, 4.69) is 26.5 Å². The zero-order chi connectivity index (χ0) is 19.2. The normalized spacial score (nSPS) is 10.6. The summed E-state index contributed by atoms with van der Waals surface area (Å²) in [6, 6.07) is 11.5. The minimum absolute atomic E-state index is 0.191. The molecule has 0 aliphatic carbocycles. The van der Waals surface area contributed by atoms with Crippen molar-refractivity contribution in [1.29, 1.82) is 5.26 Å². The molecule has 3 aromatic rings. The Bertz CT molecular complexity index is 960. The van der Waals surface area contributed by atoms with Gasteiger partial charge in [0.25, 0.3) is 0 Å². The van der Waals surface area contributed by atoms with Gasteiger partial charge in [-0.15, -0.1) is 0 Å². The van der Waals surface area contributed by atoms with Gasteiger partial charge in [0.1, 0.15) is 23.8 Å². The van der Waals surface area contributed by atoms with Gasteiger partial charge in [0.15, 0.2) is 11.6 Å². The summed E-state index contributed by atoms with van der Waals surface area (Å²) in [7, 11) is 0. The molecule has 0 amide bonds. The van der Waals surface area contributed by atoms with Crippen LogP contribution in [0.3, 0.4) is 0 Å². The van der Waals surface area contributed by atoms with E-state index < -0.39 is 5.82 Å². The highest BCUT2D eigenvalue weighted by molar-refractivity contribution is 5.56. The third kappa shape index (κ3) is 3.87. The molecule has 138 valence electrons. The molecule has 8 heteroatoms. The molecule has 3 rings (SSSR count). The number of rotatable bonds is 7. The van der Waals surface area contributed by atoms with Gasteiger partial charge in [0.2, 0.25) is 0 Å². The molecule has 0 saturated heterocycles. The van der Waals surface area contributed by atoms with Crippen LogP contribution in [0, 0.1) is 17.1 Å². The summed E-state index contributed by atoms with van der Waals surface area (Å²) < 4.78 is 15.7. The predicted molar refractivity (Wildman–Crippen MR) is 101 cm³/mol. The maximum absolute atomic E-state index is 14.1. The SMILES string of the molecule is CCc1ncnc(NCCCc2nn(-c3ccccc3)c(N)c2C#N)c1F. The second-order valence-electron chi connectivity index (χ2n) is 5.93. The molecule has 27 heavy (non-hydrogen) atoms. The number of nitrogen functional groups attached to an aromatic ring is 1. The first kappa shape index (κ1) is 18.3. The summed E-state index contributed by atoms with van der Waals surface area (Å²) >= 11 is 0. The van der Waals surface area contributed by atoms with Crippen molar-refractivity contribution >= 4 is 11.6 Å². The van der Waals surface area contributed by atoms with Crippen LogP contribution >= 0.6 is 0 Å². The van der Waals surface area contributed by atoms with E-state index in [1.54, 1.807) is 4.68 Å². The number of nitrogens with one attached hydrogen (secondary N) is 1. The molecular formula is C19H20FN7. The van der Waals surface area contributed by atoms with Crippen molar-refractivity contribution in [1.82, 2.24) is 19.7 Å². The van der Waals surface area contributed by atoms with Crippen molar-refractivity contribution in [3.63, 3.8) is 0 Å². The summed E-state index contributed by atoms with van der Waals surface area (Å²) in [4.78, 5) is 7.84. The quantitative estimate of drug-likeness (QED) is 0.624. The number of nitrogens with two attached hydrogens (primary N) is 1. The molecule has 0 aliphatic heterocycles. The van der Waals surface area contributed by atoms with Crippen LogP contribution in [0.5, 0.6) is 0 Å². The van der Waals surface area contributed by atoms with Crippen LogP contribution in [0.4, 0.5) is 16.0 Å². The Hall–Kier alpha value is -3.47. The Morgan fingerprint density at radius 1 is 1.22 bits per heavy atom. The average molecular weight is 365 g/mol. The first-order valence-corrected chi connectivity index (χ1v) is 8.71. The van der Waals surface area contributed by atoms with Gasteiger partial charge in [-0.2, -0.15) is 10.4 Å². The van der Waals surface area contributed by atoms with Crippen LogP contribution in [-0.2, 0) is 12.8 Å². The zero-order valence-electron chi connectivity index (χ0n) is 15.0. The lowest BCUT2D eigenvalue weighted by Crippen LogP contribution is -2.09. The van der Waals surface area contributed by atoms with Crippen molar-refractivity contribution < 1.29 is 4.39 Å². The van der Waals surface area contributed by atoms with Gasteiger partial charge in [0, 0.05) is 6.54 Å². The van der Waals surface area contributed by atoms with E-state index in [0.29, 0.717) is 48.6 Å². The van der Waals surface area contributed by atoms with Gasteiger partial charge in [-0.1, -0.05) is 25.1 Å². The molecule has 0 radical (unpaired) electrons. The topological polar surface area (TPSA) is 105 Å². The van der Waals surface area contributed by atoms with Gasteiger partial charge in [0.05, 0.1) is 17.1 Å². The van der Waals surface area contributed by atoms with E-state index in [-0.39, 0.29) is 5.82 Å². The van der Waals surface area contributed by atoms with Crippen LogP contribution in [-0.4, -0.2) is 26.3 Å². The molecule has 0 spiro atoms. The number of nitrogens with zero attached hydrogens (tertiary/aromatic N) is 5. The third-order valence-corrected chi connectivity index (χ3v) is 4.19. The van der Waals surface area contributed by atoms with Crippen LogP contribution in [0.2, 0.25) is 0 Å². The number of halogens is 1. The lowest BCUT2D eigenvalue weighted by atomic mass is 10.1. The summed E-state index contributed by atoms with van der Waals surface area (Å²) in [5.41, 5.74) is 8.27. The van der Waals surface area contributed by atoms with Crippen LogP contribution in [0.15, 0.2) is 36.7 Å². The number of nitriles is 1. The zero-order valence-corrected chi connectivity index (χ0v) is 15.0. The summed E-state index contributed by atoms with van der Waals surface area (Å²) in [5, 5.41) is 16.9. The largest absolute Gasteiger partial charge is 0.382 e. The Labute approximate surface area is 156 Å². The monoisotopic (exact) mass is 365 g/mol. The van der Waals surface area contributed by atoms with Gasteiger partial charge in [-0.05, 0) is 31.4 Å². The van der Waals surface area contributed by atoms with Crippen LogP contribution in [0.25, 0.3) is 5.69 Å². The molecular weight excluding hydrogens is 345 g/mol. The maximum atomic E-state index is 14.1. The molecule has 3 N–H and O–H groups in total. The fourth-order valence-corrected chi connectivity index (χ4v) is 2.78. The maximum Gasteiger partial charge on any atom is 0.186 e. The highest BCUT2D eigenvalue weighted by atomic mass is 19.1. The highest BCUT2D eigenvalue weighted by Crippen LogP contribution is 2.21. The van der Waals surface area contributed by atoms with E-state index in [1.807, 2.05) is 37.3 Å². The lowest BCUT2D eigenvalue weighted by Gasteiger charge is -2.07. The fourth-order valence-electron chi connectivity index (χ4n) is 2.78. The Morgan fingerprint density at radius 2 is 2.00 bits per heavy atom. The summed E-state index contributed by atoms with van der Waals surface area (Å²) in [6.07, 6.45) is 3.03. The first-order chi connectivity index (χ1) is 13.2. The Morgan fingerprint density at radius 3 is 2.70 bits per heavy atom. The van der Waals surface area contributed by atoms with Crippen molar-refractivity contribution in [2.75, 3.05) is 17.6 Å². The number of para-hydroxylation sites is 1. The second kappa shape index (κ2) is 8.27. The molecule has 0 fully saturated rings. The molecule has 2 heterocycles. The molecule has 0 atom stereocenters. The minimum atomic E-state index is -0.421. The molecule has 1 aromatic carbocycles. The van der Waals surface area contributed by atoms with E-state index in [4.69, 9.17) is 5.73 Å². The molecule has 2 aromatic heterocycles. The Kier molecular flexibility index (Phi) is 5.61. The van der Waals surface area contributed by atoms with Crippen molar-refractivity contribution in [2.45, 2.75) is 26.2 Å². The number of benzene rings is 1. The fraction of sp³-hybridized carbons (Fsp3) is 0.263. The predicted octanol–water partition coefficient (Wildman–Crippen LogP) is 2.86. The molecule has 7 nitrogen and oxygen atoms in total. The number of aryl methyl sites for hydroxylation is 2. The van der Waals surface area contributed by atoms with E-state index in [9.17, 15) is 9.65 Å². The number of anilines is 2. The van der Waals surface area contributed by atoms with Crippen molar-refractivity contribution in [3.05, 3.63) is 59.4 Å². The number of hydrogen-bond acceptors (Lipinski definition) is 6. The summed E-state index contributed by atoms with van der Waals surface area (Å²) in [6.45, 7) is 2.33.